The molecule has 0 fully saturated rings. The lowest BCUT2D eigenvalue weighted by Gasteiger charge is -2.30. The number of rotatable bonds is 12. The molecule has 3 aromatic rings. The van der Waals surface area contributed by atoms with Gasteiger partial charge < -0.3 is 14.6 Å². The SMILES string of the molecule is C=CC[C@]1(C(=O)NNCc2ccc(Cl)c(Cl)c2)N=C(c2ccc(OCCCO)cc2)O[C@H]1c1ccc(Cl)cc1Cl. The predicted octanol–water partition coefficient (Wildman–Crippen LogP) is 6.72. The molecule has 40 heavy (non-hydrogen) atoms. The van der Waals surface area contributed by atoms with Crippen molar-refractivity contribution in [3.63, 3.8) is 0 Å². The molecule has 1 aliphatic rings. The Hall–Kier alpha value is -2.78. The molecule has 0 unspecified atom stereocenters. The van der Waals surface area contributed by atoms with E-state index in [9.17, 15) is 4.79 Å². The lowest BCUT2D eigenvalue weighted by molar-refractivity contribution is -0.129. The highest BCUT2D eigenvalue weighted by molar-refractivity contribution is 6.42. The van der Waals surface area contributed by atoms with Crippen molar-refractivity contribution >= 4 is 58.2 Å². The van der Waals surface area contributed by atoms with Crippen LogP contribution in [-0.4, -0.2) is 35.7 Å². The van der Waals surface area contributed by atoms with Gasteiger partial charge in [-0.15, -0.1) is 6.58 Å². The van der Waals surface area contributed by atoms with E-state index in [-0.39, 0.29) is 25.5 Å². The first-order valence-electron chi connectivity index (χ1n) is 12.4. The number of benzene rings is 3. The summed E-state index contributed by atoms with van der Waals surface area (Å²) in [6, 6.07) is 17.3. The summed E-state index contributed by atoms with van der Waals surface area (Å²) in [5.41, 5.74) is 6.28. The highest BCUT2D eigenvalue weighted by Crippen LogP contribution is 2.45. The van der Waals surface area contributed by atoms with Gasteiger partial charge in [-0.1, -0.05) is 64.6 Å². The number of hydrogen-bond donors (Lipinski definition) is 3. The molecule has 7 nitrogen and oxygen atoms in total. The van der Waals surface area contributed by atoms with E-state index >= 15 is 0 Å². The number of carbonyl (C=O) groups is 1. The van der Waals surface area contributed by atoms with Crippen LogP contribution in [0.15, 0.2) is 78.3 Å². The Labute approximate surface area is 252 Å². The van der Waals surface area contributed by atoms with Gasteiger partial charge in [-0.2, -0.15) is 0 Å². The molecule has 1 heterocycles. The molecule has 11 heteroatoms. The Morgan fingerprint density at radius 1 is 1.05 bits per heavy atom. The number of halogens is 4. The van der Waals surface area contributed by atoms with Crippen LogP contribution in [0.3, 0.4) is 0 Å². The van der Waals surface area contributed by atoms with E-state index in [0.717, 1.165) is 5.56 Å². The highest BCUT2D eigenvalue weighted by Gasteiger charge is 2.53. The van der Waals surface area contributed by atoms with E-state index in [1.165, 1.54) is 0 Å². The second kappa shape index (κ2) is 13.7. The number of nitrogens with one attached hydrogen (secondary N) is 2. The minimum Gasteiger partial charge on any atom is -0.494 e. The van der Waals surface area contributed by atoms with Crippen LogP contribution >= 0.6 is 46.4 Å². The van der Waals surface area contributed by atoms with Gasteiger partial charge in [0.1, 0.15) is 5.75 Å². The number of ether oxygens (including phenoxy) is 2. The van der Waals surface area contributed by atoms with Crippen molar-refractivity contribution in [2.45, 2.75) is 31.0 Å². The Balaban J connectivity index is 1.64. The fourth-order valence-electron chi connectivity index (χ4n) is 4.21. The molecule has 3 aromatic carbocycles. The number of aliphatic hydroxyl groups excluding tert-OH is 1. The molecular formula is C29H27Cl4N3O4. The van der Waals surface area contributed by atoms with E-state index in [4.69, 9.17) is 66.0 Å². The first-order valence-corrected chi connectivity index (χ1v) is 13.9. The number of aliphatic hydroxyl groups is 1. The van der Waals surface area contributed by atoms with Crippen LogP contribution < -0.4 is 15.6 Å². The molecular weight excluding hydrogens is 596 g/mol. The number of hydrazine groups is 1. The average Bonchev–Trinajstić information content (AvgIpc) is 3.31. The zero-order valence-corrected chi connectivity index (χ0v) is 24.3. The maximum absolute atomic E-state index is 13.8. The molecule has 1 aliphatic heterocycles. The molecule has 0 bridgehead atoms. The smallest absolute Gasteiger partial charge is 0.266 e. The van der Waals surface area contributed by atoms with Crippen LogP contribution in [0.1, 0.15) is 35.6 Å². The van der Waals surface area contributed by atoms with Gasteiger partial charge >= 0.3 is 0 Å². The molecule has 0 aliphatic carbocycles. The van der Waals surface area contributed by atoms with Crippen molar-refractivity contribution < 1.29 is 19.4 Å². The first-order chi connectivity index (χ1) is 19.3. The molecule has 1 amide bonds. The Bertz CT molecular complexity index is 1400. The Morgan fingerprint density at radius 3 is 2.50 bits per heavy atom. The molecule has 4 rings (SSSR count). The minimum atomic E-state index is -1.44. The number of amides is 1. The van der Waals surface area contributed by atoms with E-state index in [1.54, 1.807) is 66.7 Å². The van der Waals surface area contributed by atoms with E-state index in [0.29, 0.717) is 50.0 Å². The van der Waals surface area contributed by atoms with Gasteiger partial charge in [0.05, 0.1) is 16.7 Å². The summed E-state index contributed by atoms with van der Waals surface area (Å²) >= 11 is 24.9. The number of hydrogen-bond acceptors (Lipinski definition) is 6. The Kier molecular flexibility index (Phi) is 10.4. The summed E-state index contributed by atoms with van der Waals surface area (Å²) in [6.07, 6.45) is 1.42. The maximum Gasteiger partial charge on any atom is 0.266 e. The second-order valence-corrected chi connectivity index (χ2v) is 10.7. The summed E-state index contributed by atoms with van der Waals surface area (Å²) in [7, 11) is 0. The van der Waals surface area contributed by atoms with E-state index in [2.05, 4.69) is 17.4 Å². The molecule has 0 saturated heterocycles. The van der Waals surface area contributed by atoms with Gasteiger partial charge in [0.2, 0.25) is 5.90 Å². The molecule has 0 radical (unpaired) electrons. The van der Waals surface area contributed by atoms with Gasteiger partial charge in [-0.3, -0.25) is 10.2 Å². The number of aliphatic imine (C=N–C) groups is 1. The van der Waals surface area contributed by atoms with Crippen LogP contribution in [-0.2, 0) is 16.1 Å². The summed E-state index contributed by atoms with van der Waals surface area (Å²) in [6.45, 7) is 4.59. The average molecular weight is 623 g/mol. The van der Waals surface area contributed by atoms with Gasteiger partial charge in [0, 0.05) is 47.2 Å². The van der Waals surface area contributed by atoms with Gasteiger partial charge in [0.15, 0.2) is 11.6 Å². The highest BCUT2D eigenvalue weighted by atomic mass is 35.5. The van der Waals surface area contributed by atoms with Gasteiger partial charge in [-0.25, -0.2) is 10.4 Å². The third-order valence-electron chi connectivity index (χ3n) is 6.21. The van der Waals surface area contributed by atoms with Crippen molar-refractivity contribution in [3.05, 3.63) is 110 Å². The van der Waals surface area contributed by atoms with Crippen molar-refractivity contribution in [3.8, 4) is 5.75 Å². The first kappa shape index (κ1) is 30.2. The van der Waals surface area contributed by atoms with Crippen LogP contribution in [0.2, 0.25) is 20.1 Å². The summed E-state index contributed by atoms with van der Waals surface area (Å²) < 4.78 is 12.0. The summed E-state index contributed by atoms with van der Waals surface area (Å²) in [5.74, 6) is 0.455. The molecule has 3 N–H and O–H groups in total. The van der Waals surface area contributed by atoms with Crippen LogP contribution in [0, 0.1) is 0 Å². The quantitative estimate of drug-likeness (QED) is 0.119. The normalized spacial score (nSPS) is 18.1. The van der Waals surface area contributed by atoms with Crippen LogP contribution in [0.4, 0.5) is 0 Å². The number of carbonyl (C=O) groups excluding carboxylic acids is 1. The fourth-order valence-corrected chi connectivity index (χ4v) is 5.04. The maximum atomic E-state index is 13.8. The topological polar surface area (TPSA) is 92.2 Å². The molecule has 2 atom stereocenters. The third kappa shape index (κ3) is 6.92. The largest absolute Gasteiger partial charge is 0.494 e. The summed E-state index contributed by atoms with van der Waals surface area (Å²) in [4.78, 5) is 18.7. The van der Waals surface area contributed by atoms with Gasteiger partial charge in [0.25, 0.3) is 5.91 Å². The van der Waals surface area contributed by atoms with Crippen LogP contribution in [0.5, 0.6) is 5.75 Å². The fraction of sp³-hybridized carbons (Fsp3) is 0.241. The molecule has 0 aromatic heterocycles. The van der Waals surface area contributed by atoms with Gasteiger partial charge in [-0.05, 0) is 54.1 Å². The van der Waals surface area contributed by atoms with Crippen molar-refractivity contribution in [1.82, 2.24) is 10.9 Å². The minimum absolute atomic E-state index is 0.0487. The van der Waals surface area contributed by atoms with E-state index < -0.39 is 17.6 Å². The Morgan fingerprint density at radius 2 is 1.82 bits per heavy atom. The zero-order chi connectivity index (χ0) is 28.7. The molecule has 0 saturated carbocycles. The van der Waals surface area contributed by atoms with E-state index in [1.807, 2.05) is 0 Å². The number of nitrogens with zero attached hydrogens (tertiary/aromatic N) is 1. The predicted molar refractivity (Wildman–Crippen MR) is 159 cm³/mol. The van der Waals surface area contributed by atoms with Crippen molar-refractivity contribution in [1.29, 1.82) is 0 Å². The van der Waals surface area contributed by atoms with Crippen molar-refractivity contribution in [2.75, 3.05) is 13.2 Å². The molecule has 0 spiro atoms. The monoisotopic (exact) mass is 621 g/mol. The second-order valence-electron chi connectivity index (χ2n) is 9.00. The lowest BCUT2D eigenvalue weighted by atomic mass is 9.84. The third-order valence-corrected chi connectivity index (χ3v) is 7.51. The summed E-state index contributed by atoms with van der Waals surface area (Å²) in [5, 5.41) is 10.6. The zero-order valence-electron chi connectivity index (χ0n) is 21.3. The van der Waals surface area contributed by atoms with Crippen molar-refractivity contribution in [2.24, 2.45) is 4.99 Å². The van der Waals surface area contributed by atoms with Crippen LogP contribution in [0.25, 0.3) is 0 Å². The molecule has 210 valence electrons. The standard InChI is InChI=1S/C29H27Cl4N3O4/c1-2-12-29(28(38)36-34-17-18-4-11-23(31)25(33)15-18)26(22-10-7-20(30)16-24(22)32)40-27(35-29)19-5-8-21(9-6-19)39-14-3-13-37/h2,4-11,15-16,26,34,37H,1,3,12-14,17H2,(H,36,38)/t26-,29-/m0/s1. The lowest BCUT2D eigenvalue weighted by Crippen LogP contribution is -2.52.